The summed E-state index contributed by atoms with van der Waals surface area (Å²) < 4.78 is 0. The molecule has 0 amide bonds. The zero-order valence-electron chi connectivity index (χ0n) is 6.38. The van der Waals surface area contributed by atoms with Gasteiger partial charge in [-0.05, 0) is 25.2 Å². The Morgan fingerprint density at radius 3 is 2.36 bits per heavy atom. The fraction of sp³-hybridized carbons (Fsp3) is 0.556. The zero-order valence-corrected chi connectivity index (χ0v) is 6.38. The third kappa shape index (κ3) is 1.25. The Bertz CT molecular complexity index is 227. The van der Waals surface area contributed by atoms with Crippen LogP contribution in [0.25, 0.3) is 0 Å². The number of hydrogen-bond donors (Lipinski definition) is 0. The van der Waals surface area contributed by atoms with E-state index in [9.17, 15) is 0 Å². The van der Waals surface area contributed by atoms with Crippen LogP contribution in [0.15, 0.2) is 12.7 Å². The minimum Gasteiger partial charge on any atom is -0.197 e. The van der Waals surface area contributed by atoms with Crippen LogP contribution in [0.5, 0.6) is 0 Å². The number of nitriles is 2. The molecule has 1 saturated carbocycles. The summed E-state index contributed by atoms with van der Waals surface area (Å²) in [5.41, 5.74) is -0.709. The van der Waals surface area contributed by atoms with Gasteiger partial charge in [-0.2, -0.15) is 10.5 Å². The van der Waals surface area contributed by atoms with E-state index >= 15 is 0 Å². The SMILES string of the molecule is C=CC1CCC(C#N)(C#N)C1. The van der Waals surface area contributed by atoms with Crippen LogP contribution in [0.2, 0.25) is 0 Å². The van der Waals surface area contributed by atoms with E-state index in [0.717, 1.165) is 6.42 Å². The highest BCUT2D eigenvalue weighted by Gasteiger charge is 2.38. The van der Waals surface area contributed by atoms with Gasteiger partial charge in [-0.25, -0.2) is 0 Å². The number of hydrogen-bond acceptors (Lipinski definition) is 2. The highest BCUT2D eigenvalue weighted by Crippen LogP contribution is 2.40. The lowest BCUT2D eigenvalue weighted by molar-refractivity contribution is 0.528. The van der Waals surface area contributed by atoms with Crippen LogP contribution >= 0.6 is 0 Å². The van der Waals surface area contributed by atoms with E-state index in [1.165, 1.54) is 0 Å². The van der Waals surface area contributed by atoms with Crippen LogP contribution in [0.4, 0.5) is 0 Å². The van der Waals surface area contributed by atoms with Crippen LogP contribution in [-0.4, -0.2) is 0 Å². The van der Waals surface area contributed by atoms with Crippen molar-refractivity contribution >= 4 is 0 Å². The molecule has 1 rings (SSSR count). The molecular formula is C9H10N2. The highest BCUT2D eigenvalue weighted by molar-refractivity contribution is 5.18. The number of allylic oxidation sites excluding steroid dienone is 1. The van der Waals surface area contributed by atoms with Crippen molar-refractivity contribution in [2.24, 2.45) is 11.3 Å². The molecule has 0 aromatic rings. The Labute approximate surface area is 66.7 Å². The quantitative estimate of drug-likeness (QED) is 0.531. The molecule has 2 nitrogen and oxygen atoms in total. The molecule has 1 aliphatic carbocycles. The van der Waals surface area contributed by atoms with Gasteiger partial charge < -0.3 is 0 Å². The van der Waals surface area contributed by atoms with E-state index in [1.807, 2.05) is 6.08 Å². The molecule has 1 fully saturated rings. The topological polar surface area (TPSA) is 47.6 Å². The molecule has 1 aliphatic rings. The molecule has 0 bridgehead atoms. The van der Waals surface area contributed by atoms with E-state index in [0.29, 0.717) is 18.8 Å². The smallest absolute Gasteiger partial charge is 0.144 e. The van der Waals surface area contributed by atoms with Crippen LogP contribution in [-0.2, 0) is 0 Å². The second-order valence-corrected chi connectivity index (χ2v) is 3.04. The van der Waals surface area contributed by atoms with Gasteiger partial charge in [-0.15, -0.1) is 6.58 Å². The van der Waals surface area contributed by atoms with Crippen LogP contribution in [0, 0.1) is 34.0 Å². The third-order valence-corrected chi connectivity index (χ3v) is 2.31. The van der Waals surface area contributed by atoms with Crippen molar-refractivity contribution in [1.29, 1.82) is 10.5 Å². The first-order valence-corrected chi connectivity index (χ1v) is 3.71. The molecule has 0 N–H and O–H groups in total. The zero-order chi connectivity index (χ0) is 8.32. The molecule has 0 saturated heterocycles. The van der Waals surface area contributed by atoms with Gasteiger partial charge in [-0.1, -0.05) is 6.08 Å². The first-order chi connectivity index (χ1) is 5.26. The first-order valence-electron chi connectivity index (χ1n) is 3.71. The maximum Gasteiger partial charge on any atom is 0.144 e. The van der Waals surface area contributed by atoms with Crippen molar-refractivity contribution < 1.29 is 0 Å². The van der Waals surface area contributed by atoms with Crippen molar-refractivity contribution in [2.75, 3.05) is 0 Å². The lowest BCUT2D eigenvalue weighted by Crippen LogP contribution is -2.10. The molecule has 0 heterocycles. The monoisotopic (exact) mass is 146 g/mol. The van der Waals surface area contributed by atoms with Gasteiger partial charge in [-0.3, -0.25) is 0 Å². The molecule has 1 unspecified atom stereocenters. The highest BCUT2D eigenvalue weighted by atomic mass is 14.5. The van der Waals surface area contributed by atoms with Crippen LogP contribution in [0.1, 0.15) is 19.3 Å². The Morgan fingerprint density at radius 1 is 1.45 bits per heavy atom. The molecule has 2 heteroatoms. The molecule has 1 atom stereocenters. The molecule has 56 valence electrons. The Balaban J connectivity index is 2.74. The summed E-state index contributed by atoms with van der Waals surface area (Å²) in [6, 6.07) is 4.16. The summed E-state index contributed by atoms with van der Waals surface area (Å²) in [6.45, 7) is 3.66. The molecular weight excluding hydrogens is 136 g/mol. The summed E-state index contributed by atoms with van der Waals surface area (Å²) in [5, 5.41) is 17.4. The van der Waals surface area contributed by atoms with Gasteiger partial charge in [0.15, 0.2) is 0 Å². The molecule has 11 heavy (non-hydrogen) atoms. The molecule has 0 aromatic carbocycles. The summed E-state index contributed by atoms with van der Waals surface area (Å²) in [6.07, 6.45) is 4.15. The average Bonchev–Trinajstić information content (AvgIpc) is 2.49. The van der Waals surface area contributed by atoms with Crippen LogP contribution in [0.3, 0.4) is 0 Å². The fourth-order valence-corrected chi connectivity index (χ4v) is 1.51. The van der Waals surface area contributed by atoms with E-state index < -0.39 is 5.41 Å². The lowest BCUT2D eigenvalue weighted by Gasteiger charge is -2.07. The Morgan fingerprint density at radius 2 is 2.09 bits per heavy atom. The van der Waals surface area contributed by atoms with Gasteiger partial charge in [0.2, 0.25) is 0 Å². The minimum atomic E-state index is -0.709. The molecule has 0 aromatic heterocycles. The normalized spacial score (nSPS) is 26.9. The number of rotatable bonds is 1. The average molecular weight is 146 g/mol. The van der Waals surface area contributed by atoms with Gasteiger partial charge in [0, 0.05) is 0 Å². The van der Waals surface area contributed by atoms with Crippen molar-refractivity contribution in [2.45, 2.75) is 19.3 Å². The largest absolute Gasteiger partial charge is 0.197 e. The fourth-order valence-electron chi connectivity index (χ4n) is 1.51. The standard InChI is InChI=1S/C9H10N2/c1-2-8-3-4-9(5-8,6-10)7-11/h2,8H,1,3-5H2. The maximum absolute atomic E-state index is 8.72. The summed E-state index contributed by atoms with van der Waals surface area (Å²) >= 11 is 0. The van der Waals surface area contributed by atoms with Gasteiger partial charge in [0.1, 0.15) is 5.41 Å². The van der Waals surface area contributed by atoms with Crippen molar-refractivity contribution in [3.8, 4) is 12.1 Å². The van der Waals surface area contributed by atoms with Gasteiger partial charge in [0.05, 0.1) is 12.1 Å². The predicted molar refractivity (Wildman–Crippen MR) is 41.2 cm³/mol. The van der Waals surface area contributed by atoms with Crippen molar-refractivity contribution in [1.82, 2.24) is 0 Å². The first kappa shape index (κ1) is 7.82. The molecule has 0 spiro atoms. The van der Waals surface area contributed by atoms with Crippen molar-refractivity contribution in [3.63, 3.8) is 0 Å². The summed E-state index contributed by atoms with van der Waals surface area (Å²) in [7, 11) is 0. The summed E-state index contributed by atoms with van der Waals surface area (Å²) in [4.78, 5) is 0. The van der Waals surface area contributed by atoms with E-state index in [4.69, 9.17) is 10.5 Å². The second-order valence-electron chi connectivity index (χ2n) is 3.04. The maximum atomic E-state index is 8.72. The van der Waals surface area contributed by atoms with E-state index in [1.54, 1.807) is 0 Å². The molecule has 0 aliphatic heterocycles. The Kier molecular flexibility index (Phi) is 1.96. The van der Waals surface area contributed by atoms with Gasteiger partial charge in [0.25, 0.3) is 0 Å². The Hall–Kier alpha value is -1.28. The second kappa shape index (κ2) is 2.76. The minimum absolute atomic E-state index is 0.370. The predicted octanol–water partition coefficient (Wildman–Crippen LogP) is 2.01. The van der Waals surface area contributed by atoms with E-state index in [-0.39, 0.29) is 0 Å². The number of nitrogens with zero attached hydrogens (tertiary/aromatic N) is 2. The molecule has 0 radical (unpaired) electrons. The van der Waals surface area contributed by atoms with E-state index in [2.05, 4.69) is 18.7 Å². The summed E-state index contributed by atoms with van der Waals surface area (Å²) in [5.74, 6) is 0.370. The lowest BCUT2D eigenvalue weighted by atomic mass is 9.89. The van der Waals surface area contributed by atoms with Gasteiger partial charge >= 0.3 is 0 Å². The van der Waals surface area contributed by atoms with Crippen LogP contribution < -0.4 is 0 Å². The third-order valence-electron chi connectivity index (χ3n) is 2.31. The van der Waals surface area contributed by atoms with Crippen molar-refractivity contribution in [3.05, 3.63) is 12.7 Å².